The number of aromatic nitrogens is 3. The maximum atomic E-state index is 13.1. The molecule has 0 N–H and O–H groups in total. The lowest BCUT2D eigenvalue weighted by Crippen LogP contribution is -2.35. The lowest BCUT2D eigenvalue weighted by molar-refractivity contribution is 0.0767. The Kier molecular flexibility index (Phi) is 5.37. The molecule has 0 spiro atoms. The molecule has 6 nitrogen and oxygen atoms in total. The third-order valence-corrected chi connectivity index (χ3v) is 5.11. The SMILES string of the molecule is Cc1cc(N2CCCN(C(=O)c3cccc(Cn4cccn4)c3)CC2)ccn1. The van der Waals surface area contributed by atoms with Crippen LogP contribution in [0.5, 0.6) is 0 Å². The van der Waals surface area contributed by atoms with Crippen molar-refractivity contribution in [2.24, 2.45) is 0 Å². The summed E-state index contributed by atoms with van der Waals surface area (Å²) in [4.78, 5) is 21.7. The van der Waals surface area contributed by atoms with Crippen LogP contribution in [0.25, 0.3) is 0 Å². The van der Waals surface area contributed by atoms with Gasteiger partial charge in [-0.05, 0) is 49.2 Å². The fraction of sp³-hybridized carbons (Fsp3) is 0.318. The maximum Gasteiger partial charge on any atom is 0.253 e. The molecule has 0 unspecified atom stereocenters. The van der Waals surface area contributed by atoms with Crippen LogP contribution in [-0.2, 0) is 6.54 Å². The first-order chi connectivity index (χ1) is 13.7. The van der Waals surface area contributed by atoms with Crippen LogP contribution in [0.4, 0.5) is 5.69 Å². The molecule has 0 atom stereocenters. The lowest BCUT2D eigenvalue weighted by atomic mass is 10.1. The summed E-state index contributed by atoms with van der Waals surface area (Å²) in [6, 6.07) is 13.9. The molecule has 28 heavy (non-hydrogen) atoms. The van der Waals surface area contributed by atoms with E-state index in [1.807, 2.05) is 65.3 Å². The quantitative estimate of drug-likeness (QED) is 0.703. The Morgan fingerprint density at radius 1 is 1.04 bits per heavy atom. The van der Waals surface area contributed by atoms with Crippen LogP contribution in [0, 0.1) is 6.92 Å². The van der Waals surface area contributed by atoms with E-state index in [1.54, 1.807) is 6.20 Å². The van der Waals surface area contributed by atoms with Crippen molar-refractivity contribution in [1.29, 1.82) is 0 Å². The molecular weight excluding hydrogens is 350 g/mol. The second-order valence-corrected chi connectivity index (χ2v) is 7.19. The van der Waals surface area contributed by atoms with E-state index in [0.717, 1.165) is 49.4 Å². The minimum absolute atomic E-state index is 0.107. The monoisotopic (exact) mass is 375 g/mol. The highest BCUT2D eigenvalue weighted by Crippen LogP contribution is 2.18. The van der Waals surface area contributed by atoms with Crippen molar-refractivity contribution in [3.63, 3.8) is 0 Å². The number of hydrogen-bond donors (Lipinski definition) is 0. The Bertz CT molecular complexity index is 938. The van der Waals surface area contributed by atoms with Gasteiger partial charge in [-0.3, -0.25) is 14.5 Å². The topological polar surface area (TPSA) is 54.3 Å². The first-order valence-corrected chi connectivity index (χ1v) is 9.72. The number of aryl methyl sites for hydroxylation is 1. The van der Waals surface area contributed by atoms with Gasteiger partial charge in [0.15, 0.2) is 0 Å². The highest BCUT2D eigenvalue weighted by Gasteiger charge is 2.21. The molecule has 3 aromatic rings. The van der Waals surface area contributed by atoms with E-state index in [1.165, 1.54) is 5.69 Å². The Morgan fingerprint density at radius 2 is 1.96 bits per heavy atom. The Balaban J connectivity index is 1.43. The third kappa shape index (κ3) is 4.22. The maximum absolute atomic E-state index is 13.1. The van der Waals surface area contributed by atoms with Crippen LogP contribution in [0.3, 0.4) is 0 Å². The standard InChI is InChI=1S/C22H25N5O/c1-18-15-21(7-9-23-18)25-10-4-11-26(14-13-25)22(28)20-6-2-5-19(16-20)17-27-12-3-8-24-27/h2-3,5-9,12,15-16H,4,10-11,13-14,17H2,1H3. The van der Waals surface area contributed by atoms with Crippen molar-refractivity contribution in [2.45, 2.75) is 19.9 Å². The summed E-state index contributed by atoms with van der Waals surface area (Å²) in [5.41, 5.74) is 4.03. The van der Waals surface area contributed by atoms with Gasteiger partial charge in [-0.2, -0.15) is 5.10 Å². The van der Waals surface area contributed by atoms with E-state index in [9.17, 15) is 4.79 Å². The first kappa shape index (κ1) is 18.2. The second-order valence-electron chi connectivity index (χ2n) is 7.19. The van der Waals surface area contributed by atoms with Crippen LogP contribution < -0.4 is 4.90 Å². The van der Waals surface area contributed by atoms with Crippen molar-refractivity contribution in [3.05, 3.63) is 77.9 Å². The Labute approximate surface area is 165 Å². The zero-order valence-electron chi connectivity index (χ0n) is 16.2. The van der Waals surface area contributed by atoms with E-state index < -0.39 is 0 Å². The van der Waals surface area contributed by atoms with Crippen LogP contribution in [0.1, 0.15) is 28.0 Å². The molecule has 1 fully saturated rings. The molecule has 1 saturated heterocycles. The number of hydrogen-bond acceptors (Lipinski definition) is 4. The highest BCUT2D eigenvalue weighted by molar-refractivity contribution is 5.94. The van der Waals surface area contributed by atoms with Gasteiger partial charge in [0.1, 0.15) is 0 Å². The zero-order chi connectivity index (χ0) is 19.3. The van der Waals surface area contributed by atoms with E-state index in [2.05, 4.69) is 21.0 Å². The Morgan fingerprint density at radius 3 is 2.79 bits per heavy atom. The molecule has 4 rings (SSSR count). The molecule has 0 saturated carbocycles. The molecule has 2 aromatic heterocycles. The normalized spacial score (nSPS) is 14.8. The summed E-state index contributed by atoms with van der Waals surface area (Å²) in [5.74, 6) is 0.107. The molecule has 1 aliphatic rings. The number of carbonyl (C=O) groups is 1. The number of benzene rings is 1. The number of rotatable bonds is 4. The predicted molar refractivity (Wildman–Crippen MR) is 109 cm³/mol. The molecule has 1 aliphatic heterocycles. The van der Waals surface area contributed by atoms with Gasteiger partial charge in [0, 0.05) is 61.7 Å². The first-order valence-electron chi connectivity index (χ1n) is 9.72. The largest absolute Gasteiger partial charge is 0.370 e. The number of nitrogens with zero attached hydrogens (tertiary/aromatic N) is 5. The minimum atomic E-state index is 0.107. The van der Waals surface area contributed by atoms with E-state index >= 15 is 0 Å². The van der Waals surface area contributed by atoms with Gasteiger partial charge in [0.25, 0.3) is 5.91 Å². The fourth-order valence-corrected chi connectivity index (χ4v) is 3.67. The molecule has 1 aromatic carbocycles. The van der Waals surface area contributed by atoms with Gasteiger partial charge >= 0.3 is 0 Å². The summed E-state index contributed by atoms with van der Waals surface area (Å²) in [6.45, 7) is 5.97. The van der Waals surface area contributed by atoms with Crippen LogP contribution >= 0.6 is 0 Å². The number of pyridine rings is 1. The summed E-state index contributed by atoms with van der Waals surface area (Å²) >= 11 is 0. The second kappa shape index (κ2) is 8.25. The molecular formula is C22H25N5O. The van der Waals surface area contributed by atoms with Gasteiger partial charge in [0.05, 0.1) is 6.54 Å². The molecule has 0 bridgehead atoms. The lowest BCUT2D eigenvalue weighted by Gasteiger charge is -2.24. The van der Waals surface area contributed by atoms with E-state index in [0.29, 0.717) is 6.54 Å². The molecule has 0 aliphatic carbocycles. The van der Waals surface area contributed by atoms with Crippen LogP contribution in [0.15, 0.2) is 61.1 Å². The molecule has 0 radical (unpaired) electrons. The summed E-state index contributed by atoms with van der Waals surface area (Å²) in [7, 11) is 0. The van der Waals surface area contributed by atoms with Gasteiger partial charge in [-0.15, -0.1) is 0 Å². The van der Waals surface area contributed by atoms with Crippen molar-refractivity contribution in [3.8, 4) is 0 Å². The number of carbonyl (C=O) groups excluding carboxylic acids is 1. The average molecular weight is 375 g/mol. The van der Waals surface area contributed by atoms with E-state index in [-0.39, 0.29) is 5.91 Å². The molecule has 1 amide bonds. The van der Waals surface area contributed by atoms with Crippen molar-refractivity contribution < 1.29 is 4.79 Å². The van der Waals surface area contributed by atoms with E-state index in [4.69, 9.17) is 0 Å². The summed E-state index contributed by atoms with van der Waals surface area (Å²) < 4.78 is 1.87. The number of amides is 1. The minimum Gasteiger partial charge on any atom is -0.370 e. The number of anilines is 1. The highest BCUT2D eigenvalue weighted by atomic mass is 16.2. The fourth-order valence-electron chi connectivity index (χ4n) is 3.67. The van der Waals surface area contributed by atoms with Crippen molar-refractivity contribution in [1.82, 2.24) is 19.7 Å². The van der Waals surface area contributed by atoms with Crippen molar-refractivity contribution >= 4 is 11.6 Å². The predicted octanol–water partition coefficient (Wildman–Crippen LogP) is 2.99. The Hall–Kier alpha value is -3.15. The van der Waals surface area contributed by atoms with Gasteiger partial charge < -0.3 is 9.80 Å². The third-order valence-electron chi connectivity index (χ3n) is 5.11. The summed E-state index contributed by atoms with van der Waals surface area (Å²) in [6.07, 6.45) is 6.50. The average Bonchev–Trinajstić information content (AvgIpc) is 3.09. The van der Waals surface area contributed by atoms with Crippen LogP contribution in [0.2, 0.25) is 0 Å². The van der Waals surface area contributed by atoms with Gasteiger partial charge in [-0.25, -0.2) is 0 Å². The smallest absolute Gasteiger partial charge is 0.253 e. The van der Waals surface area contributed by atoms with Crippen LogP contribution in [-0.4, -0.2) is 51.8 Å². The zero-order valence-corrected chi connectivity index (χ0v) is 16.2. The van der Waals surface area contributed by atoms with Gasteiger partial charge in [0.2, 0.25) is 0 Å². The van der Waals surface area contributed by atoms with Crippen molar-refractivity contribution in [2.75, 3.05) is 31.1 Å². The molecule has 144 valence electrons. The molecule has 6 heteroatoms. The summed E-state index contributed by atoms with van der Waals surface area (Å²) in [5, 5.41) is 4.24. The molecule has 3 heterocycles. The van der Waals surface area contributed by atoms with Gasteiger partial charge in [-0.1, -0.05) is 12.1 Å².